The first-order valence-corrected chi connectivity index (χ1v) is 15.4. The topological polar surface area (TPSA) is 109 Å². The van der Waals surface area contributed by atoms with Crippen molar-refractivity contribution >= 4 is 21.9 Å². The van der Waals surface area contributed by atoms with Crippen LogP contribution in [0.4, 0.5) is 19.3 Å². The second-order valence-corrected chi connectivity index (χ2v) is 12.5. The molecule has 2 saturated heterocycles. The zero-order valence-corrected chi connectivity index (χ0v) is 23.9. The number of ether oxygens (including phenoxy) is 2. The Morgan fingerprint density at radius 1 is 1.12 bits per heavy atom. The molecule has 9 nitrogen and oxygen atoms in total. The van der Waals surface area contributed by atoms with Crippen LogP contribution in [0.15, 0.2) is 53.6 Å². The van der Waals surface area contributed by atoms with E-state index in [1.807, 2.05) is 13.0 Å². The van der Waals surface area contributed by atoms with E-state index >= 15 is 0 Å². The Morgan fingerprint density at radius 3 is 2.45 bits per heavy atom. The summed E-state index contributed by atoms with van der Waals surface area (Å²) in [5, 5.41) is 0. The fraction of sp³-hybridized carbons (Fsp3) is 0.400. The predicted octanol–water partition coefficient (Wildman–Crippen LogP) is 5.54. The number of amides is 1. The van der Waals surface area contributed by atoms with Crippen LogP contribution in [-0.4, -0.2) is 60.8 Å². The first kappa shape index (κ1) is 28.5. The maximum absolute atomic E-state index is 14.7. The summed E-state index contributed by atoms with van der Waals surface area (Å²) in [6, 6.07) is 10.2. The van der Waals surface area contributed by atoms with Crippen molar-refractivity contribution in [3.05, 3.63) is 71.4 Å². The zero-order chi connectivity index (χ0) is 29.6. The van der Waals surface area contributed by atoms with E-state index in [9.17, 15) is 26.5 Å². The average Bonchev–Trinajstić information content (AvgIpc) is 3.74. The van der Waals surface area contributed by atoms with Crippen LogP contribution in [0.2, 0.25) is 0 Å². The molecule has 2 aliphatic heterocycles. The van der Waals surface area contributed by atoms with Gasteiger partial charge in [-0.15, -0.1) is 0 Å². The molecule has 12 heteroatoms. The van der Waals surface area contributed by atoms with Crippen LogP contribution in [0.5, 0.6) is 5.75 Å². The molecule has 1 amide bonds. The SMILES string of the molecule is CCOc1cc(-c2ncc(F)cc2F)c(C2CC2)cc1CN1CCC2(CC1)CN(c1ccc(S(=O)(=O)O)cc1)C(=O)O2. The van der Waals surface area contributed by atoms with Gasteiger partial charge in [0.2, 0.25) is 0 Å². The lowest BCUT2D eigenvalue weighted by molar-refractivity contribution is -0.00111. The summed E-state index contributed by atoms with van der Waals surface area (Å²) in [4.78, 5) is 20.3. The first-order valence-electron chi connectivity index (χ1n) is 14.0. The maximum atomic E-state index is 14.7. The van der Waals surface area contributed by atoms with Crippen molar-refractivity contribution < 1.29 is 36.0 Å². The Bertz CT molecular complexity index is 1620. The lowest BCUT2D eigenvalue weighted by atomic mass is 9.90. The van der Waals surface area contributed by atoms with E-state index in [1.165, 1.54) is 29.2 Å². The number of nitrogens with zero attached hydrogens (tertiary/aromatic N) is 3. The minimum atomic E-state index is -4.33. The van der Waals surface area contributed by atoms with Crippen LogP contribution in [0.1, 0.15) is 49.7 Å². The number of carbonyl (C=O) groups is 1. The highest BCUT2D eigenvalue weighted by Gasteiger charge is 2.47. The number of anilines is 1. The second-order valence-electron chi connectivity index (χ2n) is 11.1. The average molecular weight is 600 g/mol. The van der Waals surface area contributed by atoms with Gasteiger partial charge in [0.05, 0.1) is 24.2 Å². The lowest BCUT2D eigenvalue weighted by Crippen LogP contribution is -2.46. The van der Waals surface area contributed by atoms with Crippen LogP contribution in [-0.2, 0) is 21.4 Å². The number of pyridine rings is 1. The van der Waals surface area contributed by atoms with Crippen molar-refractivity contribution in [1.82, 2.24) is 9.88 Å². The van der Waals surface area contributed by atoms with E-state index in [4.69, 9.17) is 9.47 Å². The molecule has 1 saturated carbocycles. The molecule has 3 heterocycles. The van der Waals surface area contributed by atoms with Gasteiger partial charge in [-0.05, 0) is 67.6 Å². The van der Waals surface area contributed by atoms with Gasteiger partial charge in [-0.1, -0.05) is 0 Å². The molecule has 0 radical (unpaired) electrons. The van der Waals surface area contributed by atoms with E-state index in [0.29, 0.717) is 68.5 Å². The highest BCUT2D eigenvalue weighted by molar-refractivity contribution is 7.85. The van der Waals surface area contributed by atoms with E-state index in [0.717, 1.165) is 36.2 Å². The Kier molecular flexibility index (Phi) is 7.40. The van der Waals surface area contributed by atoms with Crippen LogP contribution < -0.4 is 9.64 Å². The smallest absolute Gasteiger partial charge is 0.415 e. The van der Waals surface area contributed by atoms with Gasteiger partial charge in [0.15, 0.2) is 5.82 Å². The van der Waals surface area contributed by atoms with Crippen LogP contribution in [0, 0.1) is 11.6 Å². The summed E-state index contributed by atoms with van der Waals surface area (Å²) in [6.07, 6.45) is 3.75. The van der Waals surface area contributed by atoms with E-state index in [-0.39, 0.29) is 10.6 Å². The predicted molar refractivity (Wildman–Crippen MR) is 150 cm³/mol. The monoisotopic (exact) mass is 599 g/mol. The molecule has 0 atom stereocenters. The number of halogens is 2. The first-order chi connectivity index (χ1) is 20.0. The number of rotatable bonds is 8. The molecule has 6 rings (SSSR count). The van der Waals surface area contributed by atoms with Gasteiger partial charge in [-0.25, -0.2) is 13.6 Å². The molecule has 3 aliphatic rings. The highest BCUT2D eigenvalue weighted by Crippen LogP contribution is 2.47. The summed E-state index contributed by atoms with van der Waals surface area (Å²) in [7, 11) is -4.33. The fourth-order valence-electron chi connectivity index (χ4n) is 5.85. The molecule has 1 spiro atoms. The number of piperidine rings is 1. The summed E-state index contributed by atoms with van der Waals surface area (Å²) in [5.74, 6) is -0.502. The normalized spacial score (nSPS) is 18.9. The van der Waals surface area contributed by atoms with Gasteiger partial charge in [0.1, 0.15) is 22.9 Å². The molecular formula is C30H31F2N3O6S. The summed E-state index contributed by atoms with van der Waals surface area (Å²) in [5.41, 5.74) is 2.54. The molecule has 1 aliphatic carbocycles. The van der Waals surface area contributed by atoms with E-state index < -0.39 is 33.4 Å². The molecule has 42 heavy (non-hydrogen) atoms. The number of likely N-dealkylation sites (tertiary alicyclic amines) is 1. The van der Waals surface area contributed by atoms with Crippen molar-refractivity contribution in [3.8, 4) is 17.0 Å². The fourth-order valence-corrected chi connectivity index (χ4v) is 6.33. The number of hydrogen-bond donors (Lipinski definition) is 1. The minimum absolute atomic E-state index is 0.117. The lowest BCUT2D eigenvalue weighted by Gasteiger charge is -2.37. The van der Waals surface area contributed by atoms with Gasteiger partial charge in [0.25, 0.3) is 10.1 Å². The summed E-state index contributed by atoms with van der Waals surface area (Å²) in [6.45, 7) is 4.59. The van der Waals surface area contributed by atoms with Crippen molar-refractivity contribution in [3.63, 3.8) is 0 Å². The molecule has 2 aromatic carbocycles. The molecule has 1 aromatic heterocycles. The summed E-state index contributed by atoms with van der Waals surface area (Å²) < 4.78 is 72.1. The minimum Gasteiger partial charge on any atom is -0.494 e. The summed E-state index contributed by atoms with van der Waals surface area (Å²) >= 11 is 0. The largest absolute Gasteiger partial charge is 0.494 e. The van der Waals surface area contributed by atoms with E-state index in [1.54, 1.807) is 0 Å². The van der Waals surface area contributed by atoms with E-state index in [2.05, 4.69) is 16.0 Å². The standard InChI is InChI=1S/C30H31F2N3O6S/c1-2-40-27-15-25(28-26(32)14-21(31)16-33-28)24(19-3-4-19)13-20(27)17-34-11-9-30(10-12-34)18-35(29(36)41-30)22-5-7-23(8-6-22)42(37,38)39/h5-8,13-16,19H,2-4,9-12,17-18H2,1H3,(H,37,38,39). The third-order valence-corrected chi connectivity index (χ3v) is 9.06. The molecule has 3 fully saturated rings. The molecule has 1 N–H and O–H groups in total. The third-order valence-electron chi connectivity index (χ3n) is 8.19. The number of aromatic nitrogens is 1. The van der Waals surface area contributed by atoms with Gasteiger partial charge < -0.3 is 9.47 Å². The second kappa shape index (κ2) is 10.9. The Hall–Kier alpha value is -3.61. The maximum Gasteiger partial charge on any atom is 0.415 e. The molecule has 222 valence electrons. The van der Waals surface area contributed by atoms with Crippen LogP contribution in [0.3, 0.4) is 0 Å². The quantitative estimate of drug-likeness (QED) is 0.336. The zero-order valence-electron chi connectivity index (χ0n) is 23.1. The van der Waals surface area contributed by atoms with Crippen LogP contribution in [0.25, 0.3) is 11.3 Å². The Labute approximate surface area is 242 Å². The number of benzene rings is 2. The molecule has 3 aromatic rings. The molecule has 0 bridgehead atoms. The van der Waals surface area contributed by atoms with Gasteiger partial charge >= 0.3 is 6.09 Å². The number of hydrogen-bond acceptors (Lipinski definition) is 7. The van der Waals surface area contributed by atoms with Crippen molar-refractivity contribution in [1.29, 1.82) is 0 Å². The Morgan fingerprint density at radius 2 is 1.83 bits per heavy atom. The third kappa shape index (κ3) is 5.70. The Balaban J connectivity index is 1.18. The highest BCUT2D eigenvalue weighted by atomic mass is 32.2. The van der Waals surface area contributed by atoms with Gasteiger partial charge in [-0.2, -0.15) is 8.42 Å². The van der Waals surface area contributed by atoms with Gasteiger partial charge in [-0.3, -0.25) is 19.3 Å². The molecular weight excluding hydrogens is 568 g/mol. The van der Waals surface area contributed by atoms with Crippen molar-refractivity contribution in [2.24, 2.45) is 0 Å². The number of carbonyl (C=O) groups excluding carboxylic acids is 1. The van der Waals surface area contributed by atoms with Crippen LogP contribution >= 0.6 is 0 Å². The van der Waals surface area contributed by atoms with Crippen molar-refractivity contribution in [2.75, 3.05) is 31.1 Å². The van der Waals surface area contributed by atoms with Gasteiger partial charge in [0, 0.05) is 55.4 Å². The van der Waals surface area contributed by atoms with Crippen molar-refractivity contribution in [2.45, 2.75) is 55.6 Å². The molecule has 0 unspecified atom stereocenters.